The maximum absolute atomic E-state index is 12.6. The molecular weight excluding hydrogens is 392 g/mol. The zero-order valence-corrected chi connectivity index (χ0v) is 17.0. The van der Waals surface area contributed by atoms with Crippen molar-refractivity contribution >= 4 is 21.8 Å². The summed E-state index contributed by atoms with van der Waals surface area (Å²) in [6.07, 6.45) is 3.79. The Kier molecular flexibility index (Phi) is 6.60. The van der Waals surface area contributed by atoms with E-state index >= 15 is 0 Å². The Bertz CT molecular complexity index is 971. The first-order valence-electron chi connectivity index (χ1n) is 9.40. The Labute approximate surface area is 170 Å². The van der Waals surface area contributed by atoms with Gasteiger partial charge in [0.05, 0.1) is 0 Å². The van der Waals surface area contributed by atoms with Crippen LogP contribution < -0.4 is 10.6 Å². The first-order valence-corrected chi connectivity index (χ1v) is 10.8. The van der Waals surface area contributed by atoms with Crippen molar-refractivity contribution in [3.63, 3.8) is 0 Å². The second-order valence-electron chi connectivity index (χ2n) is 6.86. The van der Waals surface area contributed by atoms with E-state index in [0.29, 0.717) is 38.0 Å². The normalized spacial score (nSPS) is 15.6. The van der Waals surface area contributed by atoms with E-state index in [-0.39, 0.29) is 22.6 Å². The molecule has 2 aromatic rings. The quantitative estimate of drug-likeness (QED) is 0.735. The van der Waals surface area contributed by atoms with Crippen molar-refractivity contribution in [1.29, 1.82) is 0 Å². The highest BCUT2D eigenvalue weighted by molar-refractivity contribution is 7.89. The number of nitrogens with one attached hydrogen (secondary N) is 2. The molecule has 2 N–H and O–H groups in total. The molecule has 0 bridgehead atoms. The molecule has 0 spiro atoms. The van der Waals surface area contributed by atoms with Crippen molar-refractivity contribution in [2.45, 2.75) is 24.3 Å². The second-order valence-corrected chi connectivity index (χ2v) is 8.80. The summed E-state index contributed by atoms with van der Waals surface area (Å²) in [7, 11) is -2.01. The molecule has 1 aliphatic heterocycles. The van der Waals surface area contributed by atoms with E-state index in [1.807, 2.05) is 6.07 Å². The number of hydrogen-bond donors (Lipinski definition) is 2. The fourth-order valence-corrected chi connectivity index (χ4v) is 4.74. The standard InChI is InChI=1S/C20H24N4O4S/c1-21-19(25)17-5-2-4-15(12-17)13-23-20(26)16-7-10-24(11-8-16)29(27,28)18-6-3-9-22-14-18/h2-6,9,12,14,16H,7-8,10-11,13H2,1H3,(H,21,25)(H,23,26). The van der Waals surface area contributed by atoms with E-state index in [9.17, 15) is 18.0 Å². The van der Waals surface area contributed by atoms with Crippen LogP contribution in [0.2, 0.25) is 0 Å². The zero-order chi connectivity index (χ0) is 20.9. The lowest BCUT2D eigenvalue weighted by molar-refractivity contribution is -0.126. The van der Waals surface area contributed by atoms with Crippen molar-refractivity contribution in [3.8, 4) is 0 Å². The highest BCUT2D eigenvalue weighted by atomic mass is 32.2. The van der Waals surface area contributed by atoms with Crippen LogP contribution >= 0.6 is 0 Å². The van der Waals surface area contributed by atoms with Crippen LogP contribution in [0.25, 0.3) is 0 Å². The first kappa shape index (κ1) is 20.9. The summed E-state index contributed by atoms with van der Waals surface area (Å²) in [5.41, 5.74) is 1.37. The van der Waals surface area contributed by atoms with Crippen molar-refractivity contribution in [2.24, 2.45) is 5.92 Å². The number of carbonyl (C=O) groups excluding carboxylic acids is 2. The van der Waals surface area contributed by atoms with E-state index in [1.165, 1.54) is 22.8 Å². The first-order chi connectivity index (χ1) is 13.9. The largest absolute Gasteiger partial charge is 0.355 e. The van der Waals surface area contributed by atoms with Crippen LogP contribution in [0.1, 0.15) is 28.8 Å². The number of rotatable bonds is 6. The summed E-state index contributed by atoms with van der Waals surface area (Å²) in [6.45, 7) is 0.904. The van der Waals surface area contributed by atoms with Crippen LogP contribution in [0, 0.1) is 5.92 Å². The molecule has 9 heteroatoms. The van der Waals surface area contributed by atoms with Gasteiger partial charge in [-0.05, 0) is 42.7 Å². The molecule has 0 aliphatic carbocycles. The highest BCUT2D eigenvalue weighted by Crippen LogP contribution is 2.23. The van der Waals surface area contributed by atoms with Gasteiger partial charge in [-0.3, -0.25) is 14.6 Å². The van der Waals surface area contributed by atoms with Gasteiger partial charge in [-0.15, -0.1) is 0 Å². The Morgan fingerprint density at radius 3 is 2.59 bits per heavy atom. The van der Waals surface area contributed by atoms with Crippen molar-refractivity contribution in [2.75, 3.05) is 20.1 Å². The monoisotopic (exact) mass is 416 g/mol. The average Bonchev–Trinajstić information content (AvgIpc) is 2.77. The molecule has 2 heterocycles. The SMILES string of the molecule is CNC(=O)c1cccc(CNC(=O)C2CCN(S(=O)(=O)c3cccnc3)CC2)c1. The molecule has 1 aliphatic rings. The van der Waals surface area contributed by atoms with Crippen molar-refractivity contribution < 1.29 is 18.0 Å². The predicted octanol–water partition coefficient (Wildman–Crippen LogP) is 1.16. The number of amides is 2. The van der Waals surface area contributed by atoms with Gasteiger partial charge in [-0.25, -0.2) is 8.42 Å². The summed E-state index contributed by atoms with van der Waals surface area (Å²) >= 11 is 0. The molecule has 29 heavy (non-hydrogen) atoms. The smallest absolute Gasteiger partial charge is 0.251 e. The van der Waals surface area contributed by atoms with Crippen molar-refractivity contribution in [1.82, 2.24) is 19.9 Å². The second kappa shape index (κ2) is 9.15. The van der Waals surface area contributed by atoms with Crippen LogP contribution in [0.5, 0.6) is 0 Å². The fraction of sp³-hybridized carbons (Fsp3) is 0.350. The van der Waals surface area contributed by atoms with Crippen LogP contribution in [-0.2, 0) is 21.4 Å². The lowest BCUT2D eigenvalue weighted by Gasteiger charge is -2.30. The highest BCUT2D eigenvalue weighted by Gasteiger charge is 2.32. The van der Waals surface area contributed by atoms with Gasteiger partial charge in [0.15, 0.2) is 0 Å². The Morgan fingerprint density at radius 2 is 1.93 bits per heavy atom. The van der Waals surface area contributed by atoms with Gasteiger partial charge < -0.3 is 10.6 Å². The summed E-state index contributed by atoms with van der Waals surface area (Å²) in [5, 5.41) is 5.46. The molecule has 0 atom stereocenters. The van der Waals surface area contributed by atoms with E-state index in [2.05, 4.69) is 15.6 Å². The van der Waals surface area contributed by atoms with E-state index in [0.717, 1.165) is 5.56 Å². The summed E-state index contributed by atoms with van der Waals surface area (Å²) < 4.78 is 26.7. The third-order valence-electron chi connectivity index (χ3n) is 4.98. The minimum Gasteiger partial charge on any atom is -0.355 e. The molecule has 1 fully saturated rings. The third-order valence-corrected chi connectivity index (χ3v) is 6.86. The number of pyridine rings is 1. The van der Waals surface area contributed by atoms with Gasteiger partial charge in [0, 0.05) is 50.6 Å². The predicted molar refractivity (Wildman–Crippen MR) is 107 cm³/mol. The molecular formula is C20H24N4O4S. The number of sulfonamides is 1. The minimum atomic E-state index is -3.58. The number of piperidine rings is 1. The minimum absolute atomic E-state index is 0.103. The number of hydrogen-bond acceptors (Lipinski definition) is 5. The van der Waals surface area contributed by atoms with E-state index in [4.69, 9.17) is 0 Å². The molecule has 8 nitrogen and oxygen atoms in total. The maximum atomic E-state index is 12.6. The Hall–Kier alpha value is -2.78. The molecule has 1 saturated heterocycles. The van der Waals surface area contributed by atoms with E-state index < -0.39 is 10.0 Å². The van der Waals surface area contributed by atoms with Crippen LogP contribution in [0.15, 0.2) is 53.7 Å². The molecule has 2 amide bonds. The van der Waals surface area contributed by atoms with E-state index in [1.54, 1.807) is 31.3 Å². The number of carbonyl (C=O) groups is 2. The summed E-state index contributed by atoms with van der Waals surface area (Å²) in [5.74, 6) is -0.522. The van der Waals surface area contributed by atoms with Crippen LogP contribution in [0.4, 0.5) is 0 Å². The zero-order valence-electron chi connectivity index (χ0n) is 16.2. The number of benzene rings is 1. The van der Waals surface area contributed by atoms with Gasteiger partial charge in [0.2, 0.25) is 15.9 Å². The van der Waals surface area contributed by atoms with Gasteiger partial charge in [-0.2, -0.15) is 4.31 Å². The van der Waals surface area contributed by atoms with Gasteiger partial charge in [-0.1, -0.05) is 12.1 Å². The Morgan fingerprint density at radius 1 is 1.17 bits per heavy atom. The topological polar surface area (TPSA) is 108 Å². The lowest BCUT2D eigenvalue weighted by atomic mass is 9.97. The summed E-state index contributed by atoms with van der Waals surface area (Å²) in [6, 6.07) is 10.2. The lowest BCUT2D eigenvalue weighted by Crippen LogP contribution is -2.42. The van der Waals surface area contributed by atoms with Crippen molar-refractivity contribution in [3.05, 3.63) is 59.9 Å². The molecule has 3 rings (SSSR count). The number of nitrogens with zero attached hydrogens (tertiary/aromatic N) is 2. The number of aromatic nitrogens is 1. The van der Waals surface area contributed by atoms with Gasteiger partial charge in [0.25, 0.3) is 5.91 Å². The van der Waals surface area contributed by atoms with Gasteiger partial charge in [0.1, 0.15) is 4.90 Å². The maximum Gasteiger partial charge on any atom is 0.251 e. The molecule has 1 aromatic carbocycles. The molecule has 0 radical (unpaired) electrons. The molecule has 0 saturated carbocycles. The molecule has 1 aromatic heterocycles. The third kappa shape index (κ3) is 4.99. The van der Waals surface area contributed by atoms with Crippen LogP contribution in [0.3, 0.4) is 0 Å². The molecule has 154 valence electrons. The fourth-order valence-electron chi connectivity index (χ4n) is 3.31. The molecule has 0 unspecified atom stereocenters. The van der Waals surface area contributed by atoms with Crippen LogP contribution in [-0.4, -0.2) is 49.7 Å². The average molecular weight is 417 g/mol. The Balaban J connectivity index is 1.54. The van der Waals surface area contributed by atoms with Gasteiger partial charge >= 0.3 is 0 Å². The summed E-state index contributed by atoms with van der Waals surface area (Å²) in [4.78, 5) is 28.2.